The van der Waals surface area contributed by atoms with Gasteiger partial charge in [0.25, 0.3) is 5.91 Å². The Morgan fingerprint density at radius 3 is 2.68 bits per heavy atom. The summed E-state index contributed by atoms with van der Waals surface area (Å²) in [5.41, 5.74) is 2.17. The van der Waals surface area contributed by atoms with Crippen LogP contribution in [0, 0.1) is 0 Å². The van der Waals surface area contributed by atoms with Crippen LogP contribution in [0.3, 0.4) is 0 Å². The number of nitrogens with zero attached hydrogens (tertiary/aromatic N) is 1. The molecule has 6 nitrogen and oxygen atoms in total. The Hall–Kier alpha value is -2.86. The molecule has 3 rings (SSSR count). The second-order valence-electron chi connectivity index (χ2n) is 6.75. The number of nitrogens with one attached hydrogen (secondary N) is 2. The molecule has 28 heavy (non-hydrogen) atoms. The molecule has 1 atom stereocenters. The zero-order valence-electron chi connectivity index (χ0n) is 16.2. The Morgan fingerprint density at radius 2 is 1.96 bits per heavy atom. The van der Waals surface area contributed by atoms with Crippen LogP contribution in [0.2, 0.25) is 0 Å². The summed E-state index contributed by atoms with van der Waals surface area (Å²) in [5.74, 6) is -0.160. The Labute approximate surface area is 165 Å². The second kappa shape index (κ2) is 9.90. The predicted molar refractivity (Wildman–Crippen MR) is 111 cm³/mol. The molecular weight excluding hydrogens is 354 g/mol. The molecule has 0 aromatic heterocycles. The third-order valence-electron chi connectivity index (χ3n) is 4.77. The van der Waals surface area contributed by atoms with Crippen molar-refractivity contribution in [3.8, 4) is 0 Å². The standard InChI is InChI=1S/C22H27N3O3/c1-2-25(19-10-4-3-5-11-19)21(26)16-23-18-9-6-8-17(14-18)22(27)24-15-20-12-7-13-28-20/h3-6,8-11,14,20,23H,2,7,12-13,15-16H2,1H3,(H,24,27). The van der Waals surface area contributed by atoms with E-state index in [1.807, 2.05) is 49.4 Å². The highest BCUT2D eigenvalue weighted by atomic mass is 16.5. The van der Waals surface area contributed by atoms with Crippen LogP contribution < -0.4 is 15.5 Å². The van der Waals surface area contributed by atoms with Crippen molar-refractivity contribution in [2.75, 3.05) is 36.5 Å². The first-order chi connectivity index (χ1) is 13.7. The van der Waals surface area contributed by atoms with Crippen molar-refractivity contribution in [2.45, 2.75) is 25.9 Å². The summed E-state index contributed by atoms with van der Waals surface area (Å²) >= 11 is 0. The highest BCUT2D eigenvalue weighted by Gasteiger charge is 2.17. The van der Waals surface area contributed by atoms with E-state index < -0.39 is 0 Å². The molecule has 1 fully saturated rings. The molecular formula is C22H27N3O3. The summed E-state index contributed by atoms with van der Waals surface area (Å²) in [6.45, 7) is 3.99. The summed E-state index contributed by atoms with van der Waals surface area (Å²) in [6, 6.07) is 16.8. The van der Waals surface area contributed by atoms with Crippen LogP contribution in [0.1, 0.15) is 30.1 Å². The lowest BCUT2D eigenvalue weighted by Crippen LogP contribution is -2.35. The average molecular weight is 381 g/mol. The molecule has 1 heterocycles. The van der Waals surface area contributed by atoms with Gasteiger partial charge in [0.1, 0.15) is 0 Å². The van der Waals surface area contributed by atoms with Crippen molar-refractivity contribution in [3.63, 3.8) is 0 Å². The Balaban J connectivity index is 1.55. The summed E-state index contributed by atoms with van der Waals surface area (Å²) in [4.78, 5) is 26.7. The molecule has 0 aliphatic carbocycles. The van der Waals surface area contributed by atoms with E-state index in [2.05, 4.69) is 10.6 Å². The zero-order valence-corrected chi connectivity index (χ0v) is 16.2. The van der Waals surface area contributed by atoms with Gasteiger partial charge in [-0.3, -0.25) is 9.59 Å². The molecule has 0 bridgehead atoms. The topological polar surface area (TPSA) is 70.7 Å². The van der Waals surface area contributed by atoms with Crippen molar-refractivity contribution >= 4 is 23.2 Å². The fourth-order valence-corrected chi connectivity index (χ4v) is 3.27. The molecule has 1 aliphatic heterocycles. The maximum absolute atomic E-state index is 12.6. The van der Waals surface area contributed by atoms with Gasteiger partial charge in [-0.15, -0.1) is 0 Å². The van der Waals surface area contributed by atoms with Gasteiger partial charge in [-0.05, 0) is 50.1 Å². The van der Waals surface area contributed by atoms with Gasteiger partial charge in [-0.25, -0.2) is 0 Å². The molecule has 2 amide bonds. The largest absolute Gasteiger partial charge is 0.376 e. The molecule has 1 unspecified atom stereocenters. The molecule has 2 N–H and O–H groups in total. The van der Waals surface area contributed by atoms with Crippen LogP contribution in [-0.4, -0.2) is 44.2 Å². The second-order valence-corrected chi connectivity index (χ2v) is 6.75. The Morgan fingerprint density at radius 1 is 1.14 bits per heavy atom. The van der Waals surface area contributed by atoms with Gasteiger partial charge >= 0.3 is 0 Å². The fourth-order valence-electron chi connectivity index (χ4n) is 3.27. The van der Waals surface area contributed by atoms with Crippen molar-refractivity contribution in [1.82, 2.24) is 5.32 Å². The van der Waals surface area contributed by atoms with Crippen LogP contribution in [0.5, 0.6) is 0 Å². The molecule has 2 aromatic rings. The van der Waals surface area contributed by atoms with Gasteiger partial charge in [-0.1, -0.05) is 24.3 Å². The summed E-state index contributed by atoms with van der Waals surface area (Å²) in [6.07, 6.45) is 2.14. The number of carbonyl (C=O) groups excluding carboxylic acids is 2. The average Bonchev–Trinajstić information content (AvgIpc) is 3.26. The van der Waals surface area contributed by atoms with Gasteiger partial charge in [0.15, 0.2) is 0 Å². The monoisotopic (exact) mass is 381 g/mol. The molecule has 2 aromatic carbocycles. The van der Waals surface area contributed by atoms with E-state index in [1.165, 1.54) is 0 Å². The van der Waals surface area contributed by atoms with Crippen LogP contribution in [-0.2, 0) is 9.53 Å². The molecule has 1 saturated heterocycles. The van der Waals surface area contributed by atoms with Crippen molar-refractivity contribution < 1.29 is 14.3 Å². The third kappa shape index (κ3) is 5.33. The number of rotatable bonds is 8. The first-order valence-corrected chi connectivity index (χ1v) is 9.76. The van der Waals surface area contributed by atoms with Gasteiger partial charge in [-0.2, -0.15) is 0 Å². The molecule has 6 heteroatoms. The van der Waals surface area contributed by atoms with Crippen LogP contribution in [0.15, 0.2) is 54.6 Å². The van der Waals surface area contributed by atoms with E-state index in [4.69, 9.17) is 4.74 Å². The van der Waals surface area contributed by atoms with E-state index in [1.54, 1.807) is 17.0 Å². The molecule has 0 radical (unpaired) electrons. The maximum atomic E-state index is 12.6. The predicted octanol–water partition coefficient (Wildman–Crippen LogP) is 3.06. The molecule has 0 spiro atoms. The smallest absolute Gasteiger partial charge is 0.251 e. The number of hydrogen-bond donors (Lipinski definition) is 2. The van der Waals surface area contributed by atoms with Crippen LogP contribution >= 0.6 is 0 Å². The van der Waals surface area contributed by atoms with Gasteiger partial charge in [0.2, 0.25) is 5.91 Å². The van der Waals surface area contributed by atoms with Gasteiger partial charge in [0, 0.05) is 36.6 Å². The van der Waals surface area contributed by atoms with Crippen molar-refractivity contribution in [2.24, 2.45) is 0 Å². The Bertz CT molecular complexity index is 789. The first-order valence-electron chi connectivity index (χ1n) is 9.76. The van der Waals surface area contributed by atoms with E-state index in [-0.39, 0.29) is 24.5 Å². The van der Waals surface area contributed by atoms with Crippen LogP contribution in [0.4, 0.5) is 11.4 Å². The number of ether oxygens (including phenoxy) is 1. The van der Waals surface area contributed by atoms with E-state index in [0.717, 1.165) is 30.8 Å². The number of likely N-dealkylation sites (N-methyl/N-ethyl adjacent to an activating group) is 1. The number of benzene rings is 2. The third-order valence-corrected chi connectivity index (χ3v) is 4.77. The lowest BCUT2D eigenvalue weighted by atomic mass is 10.1. The molecule has 148 valence electrons. The van der Waals surface area contributed by atoms with E-state index in [9.17, 15) is 9.59 Å². The van der Waals surface area contributed by atoms with Crippen molar-refractivity contribution in [3.05, 3.63) is 60.2 Å². The summed E-state index contributed by atoms with van der Waals surface area (Å²) in [5, 5.41) is 6.04. The molecule has 1 aliphatic rings. The minimum atomic E-state index is -0.134. The normalized spacial score (nSPS) is 15.8. The highest BCUT2D eigenvalue weighted by Crippen LogP contribution is 2.15. The minimum absolute atomic E-state index is 0.0260. The quantitative estimate of drug-likeness (QED) is 0.737. The van der Waals surface area contributed by atoms with E-state index in [0.29, 0.717) is 18.7 Å². The van der Waals surface area contributed by atoms with E-state index >= 15 is 0 Å². The number of amides is 2. The summed E-state index contributed by atoms with van der Waals surface area (Å²) < 4.78 is 5.53. The molecule has 0 saturated carbocycles. The zero-order chi connectivity index (χ0) is 19.8. The number of para-hydroxylation sites is 1. The first kappa shape index (κ1) is 19.9. The highest BCUT2D eigenvalue weighted by molar-refractivity contribution is 5.97. The summed E-state index contributed by atoms with van der Waals surface area (Å²) in [7, 11) is 0. The number of anilines is 2. The lowest BCUT2D eigenvalue weighted by molar-refractivity contribution is -0.116. The SMILES string of the molecule is CCN(C(=O)CNc1cccc(C(=O)NCC2CCCO2)c1)c1ccccc1. The minimum Gasteiger partial charge on any atom is -0.376 e. The Kier molecular flexibility index (Phi) is 7.03. The van der Waals surface area contributed by atoms with Gasteiger partial charge in [0.05, 0.1) is 12.6 Å². The lowest BCUT2D eigenvalue weighted by Gasteiger charge is -2.21. The fraction of sp³-hybridized carbons (Fsp3) is 0.364. The van der Waals surface area contributed by atoms with Crippen molar-refractivity contribution in [1.29, 1.82) is 0 Å². The number of carbonyl (C=O) groups is 2. The maximum Gasteiger partial charge on any atom is 0.251 e. The van der Waals surface area contributed by atoms with Crippen LogP contribution in [0.25, 0.3) is 0 Å². The number of hydrogen-bond acceptors (Lipinski definition) is 4. The van der Waals surface area contributed by atoms with Gasteiger partial charge < -0.3 is 20.3 Å².